The second kappa shape index (κ2) is 6.79. The van der Waals surface area contributed by atoms with E-state index >= 15 is 0 Å². The third-order valence-corrected chi connectivity index (χ3v) is 2.80. The number of hydrogen-bond acceptors (Lipinski definition) is 3. The highest BCUT2D eigenvalue weighted by atomic mass is 16.5. The van der Waals surface area contributed by atoms with E-state index in [0.717, 1.165) is 5.75 Å². The van der Waals surface area contributed by atoms with Gasteiger partial charge in [-0.2, -0.15) is 0 Å². The van der Waals surface area contributed by atoms with E-state index in [2.05, 4.69) is 5.32 Å². The lowest BCUT2D eigenvalue weighted by Crippen LogP contribution is -2.12. The monoisotopic (exact) mass is 285 g/mol. The zero-order chi connectivity index (χ0) is 15.2. The lowest BCUT2D eigenvalue weighted by molar-refractivity contribution is 0.102. The predicted octanol–water partition coefficient (Wildman–Crippen LogP) is 3.73. The van der Waals surface area contributed by atoms with Crippen LogP contribution in [-0.4, -0.2) is 19.1 Å². The standard InChI is InChI=1S/C17H19NO3/c1-12(2)21-16-9-5-7-14(11-16)18-17(19)13-6-4-8-15(10-13)20-3/h4-12H,1-3H3,(H,18,19). The van der Waals surface area contributed by atoms with Crippen LogP contribution in [0.4, 0.5) is 5.69 Å². The fourth-order valence-corrected chi connectivity index (χ4v) is 1.89. The summed E-state index contributed by atoms with van der Waals surface area (Å²) in [5.41, 5.74) is 1.24. The number of nitrogens with one attached hydrogen (secondary N) is 1. The van der Waals surface area contributed by atoms with E-state index in [4.69, 9.17) is 9.47 Å². The van der Waals surface area contributed by atoms with Gasteiger partial charge in [-0.1, -0.05) is 12.1 Å². The summed E-state index contributed by atoms with van der Waals surface area (Å²) in [6, 6.07) is 14.4. The molecule has 0 radical (unpaired) electrons. The van der Waals surface area contributed by atoms with Crippen LogP contribution in [0, 0.1) is 0 Å². The number of carbonyl (C=O) groups excluding carboxylic acids is 1. The Hall–Kier alpha value is -2.49. The lowest BCUT2D eigenvalue weighted by atomic mass is 10.2. The summed E-state index contributed by atoms with van der Waals surface area (Å²) in [7, 11) is 1.57. The quantitative estimate of drug-likeness (QED) is 0.910. The van der Waals surface area contributed by atoms with Crippen LogP contribution < -0.4 is 14.8 Å². The van der Waals surface area contributed by atoms with Crippen molar-refractivity contribution >= 4 is 11.6 Å². The Morgan fingerprint density at radius 1 is 1.05 bits per heavy atom. The summed E-state index contributed by atoms with van der Waals surface area (Å²) in [6.07, 6.45) is 0.0920. The topological polar surface area (TPSA) is 47.6 Å². The van der Waals surface area contributed by atoms with Crippen molar-refractivity contribution in [2.75, 3.05) is 12.4 Å². The number of benzene rings is 2. The summed E-state index contributed by atoms with van der Waals surface area (Å²) >= 11 is 0. The van der Waals surface area contributed by atoms with Crippen molar-refractivity contribution in [1.82, 2.24) is 0 Å². The maximum Gasteiger partial charge on any atom is 0.255 e. The van der Waals surface area contributed by atoms with Gasteiger partial charge in [0.15, 0.2) is 0 Å². The smallest absolute Gasteiger partial charge is 0.255 e. The highest BCUT2D eigenvalue weighted by Gasteiger charge is 2.08. The molecular formula is C17H19NO3. The molecule has 0 unspecified atom stereocenters. The molecule has 0 saturated heterocycles. The molecule has 0 saturated carbocycles. The zero-order valence-corrected chi connectivity index (χ0v) is 12.4. The van der Waals surface area contributed by atoms with E-state index in [1.807, 2.05) is 32.0 Å². The number of amides is 1. The molecule has 2 rings (SSSR count). The van der Waals surface area contributed by atoms with Crippen LogP contribution >= 0.6 is 0 Å². The summed E-state index contributed by atoms with van der Waals surface area (Å²) in [5, 5.41) is 2.85. The molecule has 110 valence electrons. The number of ether oxygens (including phenoxy) is 2. The average molecular weight is 285 g/mol. The highest BCUT2D eigenvalue weighted by Crippen LogP contribution is 2.20. The summed E-state index contributed by atoms with van der Waals surface area (Å²) in [5.74, 6) is 1.20. The molecule has 0 aliphatic heterocycles. The van der Waals surface area contributed by atoms with E-state index in [9.17, 15) is 4.79 Å². The number of carbonyl (C=O) groups is 1. The van der Waals surface area contributed by atoms with Crippen molar-refractivity contribution in [2.45, 2.75) is 20.0 Å². The van der Waals surface area contributed by atoms with Gasteiger partial charge in [-0.15, -0.1) is 0 Å². The van der Waals surface area contributed by atoms with Gasteiger partial charge in [0.25, 0.3) is 5.91 Å². The van der Waals surface area contributed by atoms with E-state index in [-0.39, 0.29) is 12.0 Å². The van der Waals surface area contributed by atoms with Crippen molar-refractivity contribution in [3.63, 3.8) is 0 Å². The molecule has 2 aromatic carbocycles. The first-order valence-electron chi connectivity index (χ1n) is 6.80. The van der Waals surface area contributed by atoms with E-state index in [1.165, 1.54) is 0 Å². The first kappa shape index (κ1) is 14.9. The lowest BCUT2D eigenvalue weighted by Gasteiger charge is -2.11. The van der Waals surface area contributed by atoms with Gasteiger partial charge in [0.1, 0.15) is 11.5 Å². The van der Waals surface area contributed by atoms with Crippen LogP contribution in [0.2, 0.25) is 0 Å². The molecular weight excluding hydrogens is 266 g/mol. The van der Waals surface area contributed by atoms with Crippen LogP contribution in [0.3, 0.4) is 0 Å². The first-order chi connectivity index (χ1) is 10.1. The van der Waals surface area contributed by atoms with Crippen molar-refractivity contribution in [3.05, 3.63) is 54.1 Å². The SMILES string of the molecule is COc1cccc(C(=O)Nc2cccc(OC(C)C)c2)c1. The summed E-state index contributed by atoms with van der Waals surface area (Å²) in [4.78, 5) is 12.2. The Morgan fingerprint density at radius 2 is 1.76 bits per heavy atom. The molecule has 0 heterocycles. The molecule has 1 N–H and O–H groups in total. The van der Waals surface area contributed by atoms with E-state index < -0.39 is 0 Å². The Kier molecular flexibility index (Phi) is 4.82. The fraction of sp³-hybridized carbons (Fsp3) is 0.235. The van der Waals surface area contributed by atoms with Crippen LogP contribution in [0.15, 0.2) is 48.5 Å². The Bertz CT molecular complexity index is 623. The third-order valence-electron chi connectivity index (χ3n) is 2.80. The average Bonchev–Trinajstić information content (AvgIpc) is 2.47. The maximum atomic E-state index is 12.2. The van der Waals surface area contributed by atoms with Crippen LogP contribution in [0.1, 0.15) is 24.2 Å². The van der Waals surface area contributed by atoms with Gasteiger partial charge < -0.3 is 14.8 Å². The number of hydrogen-bond donors (Lipinski definition) is 1. The highest BCUT2D eigenvalue weighted by molar-refractivity contribution is 6.04. The zero-order valence-electron chi connectivity index (χ0n) is 12.4. The fourth-order valence-electron chi connectivity index (χ4n) is 1.89. The first-order valence-corrected chi connectivity index (χ1v) is 6.80. The molecule has 0 aliphatic rings. The Labute approximate surface area is 124 Å². The van der Waals surface area contributed by atoms with Gasteiger partial charge in [-0.05, 0) is 44.2 Å². The molecule has 1 amide bonds. The molecule has 0 fully saturated rings. The minimum Gasteiger partial charge on any atom is -0.497 e. The van der Waals surface area contributed by atoms with Gasteiger partial charge in [-0.3, -0.25) is 4.79 Å². The number of rotatable bonds is 5. The van der Waals surface area contributed by atoms with Gasteiger partial charge in [0, 0.05) is 17.3 Å². The molecule has 4 heteroatoms. The maximum absolute atomic E-state index is 12.2. The van der Waals surface area contributed by atoms with Crippen LogP contribution in [0.25, 0.3) is 0 Å². The normalized spacial score (nSPS) is 10.3. The van der Waals surface area contributed by atoms with Gasteiger partial charge in [-0.25, -0.2) is 0 Å². The third kappa shape index (κ3) is 4.24. The van der Waals surface area contributed by atoms with Crippen molar-refractivity contribution in [2.24, 2.45) is 0 Å². The summed E-state index contributed by atoms with van der Waals surface area (Å²) in [6.45, 7) is 3.92. The Morgan fingerprint density at radius 3 is 2.48 bits per heavy atom. The second-order valence-electron chi connectivity index (χ2n) is 4.88. The van der Waals surface area contributed by atoms with Gasteiger partial charge in [0.05, 0.1) is 13.2 Å². The van der Waals surface area contributed by atoms with Crippen molar-refractivity contribution in [1.29, 1.82) is 0 Å². The molecule has 2 aromatic rings. The molecule has 0 spiro atoms. The molecule has 0 aromatic heterocycles. The van der Waals surface area contributed by atoms with Gasteiger partial charge >= 0.3 is 0 Å². The van der Waals surface area contributed by atoms with Crippen molar-refractivity contribution in [3.8, 4) is 11.5 Å². The van der Waals surface area contributed by atoms with Crippen LogP contribution in [-0.2, 0) is 0 Å². The largest absolute Gasteiger partial charge is 0.497 e. The van der Waals surface area contributed by atoms with Crippen LogP contribution in [0.5, 0.6) is 11.5 Å². The van der Waals surface area contributed by atoms with E-state index in [0.29, 0.717) is 17.0 Å². The molecule has 4 nitrogen and oxygen atoms in total. The molecule has 0 aliphatic carbocycles. The second-order valence-corrected chi connectivity index (χ2v) is 4.88. The van der Waals surface area contributed by atoms with E-state index in [1.54, 1.807) is 37.4 Å². The molecule has 21 heavy (non-hydrogen) atoms. The van der Waals surface area contributed by atoms with Gasteiger partial charge in [0.2, 0.25) is 0 Å². The van der Waals surface area contributed by atoms with Crippen molar-refractivity contribution < 1.29 is 14.3 Å². The predicted molar refractivity (Wildman–Crippen MR) is 83.2 cm³/mol. The summed E-state index contributed by atoms with van der Waals surface area (Å²) < 4.78 is 10.7. The Balaban J connectivity index is 2.11. The number of methoxy groups -OCH3 is 1. The minimum atomic E-state index is -0.185. The number of anilines is 1. The molecule has 0 bridgehead atoms. The molecule has 0 atom stereocenters. The minimum absolute atomic E-state index is 0.0920.